The minimum absolute atomic E-state index is 0.0616. The quantitative estimate of drug-likeness (QED) is 0.465. The Labute approximate surface area is 149 Å². The fraction of sp³-hybridized carbons (Fsp3) is 0.450. The van der Waals surface area contributed by atoms with Crippen LogP contribution in [0.5, 0.6) is 0 Å². The van der Waals surface area contributed by atoms with Gasteiger partial charge in [0.1, 0.15) is 12.0 Å². The van der Waals surface area contributed by atoms with Crippen LogP contribution in [-0.2, 0) is 4.79 Å². The Morgan fingerprint density at radius 1 is 1.32 bits per heavy atom. The van der Waals surface area contributed by atoms with Crippen molar-refractivity contribution in [3.63, 3.8) is 0 Å². The second kappa shape index (κ2) is 8.60. The number of H-pyrrole nitrogens is 1. The summed E-state index contributed by atoms with van der Waals surface area (Å²) in [6.07, 6.45) is 10.7. The zero-order valence-corrected chi connectivity index (χ0v) is 15.9. The highest BCUT2D eigenvalue weighted by molar-refractivity contribution is 5.98. The number of carbonyl (C=O) groups excluding carboxylic acids is 1. The van der Waals surface area contributed by atoms with E-state index in [1.165, 1.54) is 0 Å². The second-order valence-corrected chi connectivity index (χ2v) is 6.42. The van der Waals surface area contributed by atoms with E-state index in [4.69, 9.17) is 0 Å². The Morgan fingerprint density at radius 3 is 2.76 bits per heavy atom. The topological polar surface area (TPSA) is 61.9 Å². The molecule has 0 unspecified atom stereocenters. The SMILES string of the molecule is C/C=C(\C=C(/C)C(=O)N(C)CCCCC)c1ncnc2[nH]cc(C)c12. The van der Waals surface area contributed by atoms with Crippen molar-refractivity contribution in [1.82, 2.24) is 19.9 Å². The number of allylic oxidation sites excluding steroid dienone is 3. The van der Waals surface area contributed by atoms with E-state index in [1.807, 2.05) is 46.2 Å². The van der Waals surface area contributed by atoms with Gasteiger partial charge in [0, 0.05) is 30.7 Å². The first-order valence-corrected chi connectivity index (χ1v) is 8.88. The first-order chi connectivity index (χ1) is 12.0. The Balaban J connectivity index is 2.27. The molecule has 0 saturated carbocycles. The van der Waals surface area contributed by atoms with Crippen LogP contribution in [0, 0.1) is 6.92 Å². The molecule has 0 saturated heterocycles. The number of carbonyl (C=O) groups is 1. The average Bonchev–Trinajstić information content (AvgIpc) is 3.00. The lowest BCUT2D eigenvalue weighted by molar-refractivity contribution is -0.125. The van der Waals surface area contributed by atoms with Crippen LogP contribution in [0.15, 0.2) is 30.2 Å². The van der Waals surface area contributed by atoms with Gasteiger partial charge in [0.05, 0.1) is 5.69 Å². The summed E-state index contributed by atoms with van der Waals surface area (Å²) in [5.74, 6) is 0.0616. The summed E-state index contributed by atoms with van der Waals surface area (Å²) >= 11 is 0. The molecule has 5 heteroatoms. The first kappa shape index (κ1) is 18.9. The molecule has 0 spiro atoms. The molecule has 0 aliphatic carbocycles. The zero-order chi connectivity index (χ0) is 18.4. The molecule has 5 nitrogen and oxygen atoms in total. The molecule has 1 N–H and O–H groups in total. The summed E-state index contributed by atoms with van der Waals surface area (Å²) in [7, 11) is 1.86. The van der Waals surface area contributed by atoms with Gasteiger partial charge in [-0.3, -0.25) is 4.79 Å². The maximum atomic E-state index is 12.6. The first-order valence-electron chi connectivity index (χ1n) is 8.88. The minimum atomic E-state index is 0.0616. The number of hydrogen-bond acceptors (Lipinski definition) is 3. The van der Waals surface area contributed by atoms with Crippen LogP contribution in [0.3, 0.4) is 0 Å². The number of hydrogen-bond donors (Lipinski definition) is 1. The number of aryl methyl sites for hydroxylation is 1. The van der Waals surface area contributed by atoms with E-state index in [9.17, 15) is 4.79 Å². The lowest BCUT2D eigenvalue weighted by Crippen LogP contribution is -2.28. The molecule has 0 aliphatic heterocycles. The summed E-state index contributed by atoms with van der Waals surface area (Å²) in [5.41, 5.74) is 4.41. The van der Waals surface area contributed by atoms with Crippen LogP contribution in [0.1, 0.15) is 51.3 Å². The number of likely N-dealkylation sites (N-methyl/N-ethyl adjacent to an activating group) is 1. The normalized spacial score (nSPS) is 12.7. The molecule has 2 aromatic rings. The second-order valence-electron chi connectivity index (χ2n) is 6.42. The van der Waals surface area contributed by atoms with Gasteiger partial charge in [-0.15, -0.1) is 0 Å². The average molecular weight is 340 g/mol. The maximum Gasteiger partial charge on any atom is 0.249 e. The van der Waals surface area contributed by atoms with Crippen LogP contribution >= 0.6 is 0 Å². The lowest BCUT2D eigenvalue weighted by atomic mass is 10.0. The minimum Gasteiger partial charge on any atom is -0.346 e. The summed E-state index contributed by atoms with van der Waals surface area (Å²) < 4.78 is 0. The predicted molar refractivity (Wildman–Crippen MR) is 103 cm³/mol. The van der Waals surface area contributed by atoms with Crippen molar-refractivity contribution in [2.24, 2.45) is 0 Å². The fourth-order valence-electron chi connectivity index (χ4n) is 2.92. The molecule has 2 rings (SSSR count). The van der Waals surface area contributed by atoms with Crippen molar-refractivity contribution in [2.45, 2.75) is 47.0 Å². The van der Waals surface area contributed by atoms with Crippen molar-refractivity contribution >= 4 is 22.5 Å². The van der Waals surface area contributed by atoms with Gasteiger partial charge in [-0.2, -0.15) is 0 Å². The van der Waals surface area contributed by atoms with Crippen molar-refractivity contribution in [1.29, 1.82) is 0 Å². The van der Waals surface area contributed by atoms with Gasteiger partial charge in [0.15, 0.2) is 0 Å². The molecule has 0 fully saturated rings. The standard InChI is InChI=1S/C20H28N4O/c1-6-8-9-10-24(5)20(25)14(3)11-16(7-2)18-17-15(4)12-21-19(17)23-13-22-18/h7,11-13H,6,8-10H2,1-5H3,(H,21,22,23)/b14-11+,16-7+. The van der Waals surface area contributed by atoms with Gasteiger partial charge >= 0.3 is 0 Å². The van der Waals surface area contributed by atoms with E-state index in [0.717, 1.165) is 53.7 Å². The highest BCUT2D eigenvalue weighted by Gasteiger charge is 2.14. The van der Waals surface area contributed by atoms with E-state index < -0.39 is 0 Å². The third kappa shape index (κ3) is 4.35. The third-order valence-corrected chi connectivity index (χ3v) is 4.40. The number of aromatic nitrogens is 3. The van der Waals surface area contributed by atoms with Crippen molar-refractivity contribution < 1.29 is 4.79 Å². The molecule has 1 amide bonds. The van der Waals surface area contributed by atoms with E-state index in [0.29, 0.717) is 5.57 Å². The number of nitrogens with one attached hydrogen (secondary N) is 1. The molecule has 2 heterocycles. The molecule has 0 radical (unpaired) electrons. The monoisotopic (exact) mass is 340 g/mol. The molecule has 25 heavy (non-hydrogen) atoms. The lowest BCUT2D eigenvalue weighted by Gasteiger charge is -2.17. The summed E-state index contributed by atoms with van der Waals surface area (Å²) in [6, 6.07) is 0. The van der Waals surface area contributed by atoms with Crippen molar-refractivity contribution in [3.8, 4) is 0 Å². The third-order valence-electron chi connectivity index (χ3n) is 4.40. The van der Waals surface area contributed by atoms with Crippen LogP contribution in [0.25, 0.3) is 16.6 Å². The Kier molecular flexibility index (Phi) is 6.51. The number of amides is 1. The Hall–Kier alpha value is -2.43. The Bertz CT molecular complexity index is 801. The van der Waals surface area contributed by atoms with E-state index in [2.05, 4.69) is 21.9 Å². The van der Waals surface area contributed by atoms with Crippen LogP contribution in [-0.4, -0.2) is 39.4 Å². The molecule has 0 aromatic carbocycles. The molecule has 0 atom stereocenters. The Morgan fingerprint density at radius 2 is 2.08 bits per heavy atom. The van der Waals surface area contributed by atoms with Crippen LogP contribution in [0.2, 0.25) is 0 Å². The largest absolute Gasteiger partial charge is 0.346 e. The van der Waals surface area contributed by atoms with Gasteiger partial charge < -0.3 is 9.88 Å². The number of fused-ring (bicyclic) bond motifs is 1. The van der Waals surface area contributed by atoms with E-state index in [1.54, 1.807) is 11.2 Å². The van der Waals surface area contributed by atoms with Gasteiger partial charge in [0.25, 0.3) is 0 Å². The van der Waals surface area contributed by atoms with E-state index in [-0.39, 0.29) is 5.91 Å². The highest BCUT2D eigenvalue weighted by Crippen LogP contribution is 2.26. The van der Waals surface area contributed by atoms with Gasteiger partial charge in [0.2, 0.25) is 5.91 Å². The van der Waals surface area contributed by atoms with Crippen LogP contribution in [0.4, 0.5) is 0 Å². The number of aromatic amines is 1. The number of rotatable bonds is 7. The van der Waals surface area contributed by atoms with Crippen molar-refractivity contribution in [3.05, 3.63) is 41.5 Å². The molecular formula is C20H28N4O. The summed E-state index contributed by atoms with van der Waals surface area (Å²) in [6.45, 7) is 8.81. The van der Waals surface area contributed by atoms with Gasteiger partial charge in [-0.1, -0.05) is 25.8 Å². The van der Waals surface area contributed by atoms with Crippen LogP contribution < -0.4 is 0 Å². The van der Waals surface area contributed by atoms with Gasteiger partial charge in [-0.05, 0) is 44.4 Å². The highest BCUT2D eigenvalue weighted by atomic mass is 16.2. The van der Waals surface area contributed by atoms with Crippen molar-refractivity contribution in [2.75, 3.05) is 13.6 Å². The van der Waals surface area contributed by atoms with E-state index >= 15 is 0 Å². The molecule has 0 bridgehead atoms. The van der Waals surface area contributed by atoms with Gasteiger partial charge in [-0.25, -0.2) is 9.97 Å². The maximum absolute atomic E-state index is 12.6. The molecule has 2 aromatic heterocycles. The molecule has 0 aliphatic rings. The molecular weight excluding hydrogens is 312 g/mol. The number of unbranched alkanes of at least 4 members (excludes halogenated alkanes) is 2. The zero-order valence-electron chi connectivity index (χ0n) is 15.9. The predicted octanol–water partition coefficient (Wildman–Crippen LogP) is 4.26. The number of nitrogens with zero attached hydrogens (tertiary/aromatic N) is 3. The molecule has 134 valence electrons. The summed E-state index contributed by atoms with van der Waals surface area (Å²) in [5, 5.41) is 1.00. The smallest absolute Gasteiger partial charge is 0.249 e. The fourth-order valence-corrected chi connectivity index (χ4v) is 2.92. The summed E-state index contributed by atoms with van der Waals surface area (Å²) in [4.78, 5) is 26.3.